The number of hydrogen-bond donors (Lipinski definition) is 3. The van der Waals surface area contributed by atoms with Crippen LogP contribution in [0, 0.1) is 10.1 Å². The van der Waals surface area contributed by atoms with E-state index in [4.69, 9.17) is 5.11 Å². The minimum atomic E-state index is -0.472. The molecule has 1 heterocycles. The van der Waals surface area contributed by atoms with Crippen molar-refractivity contribution < 1.29 is 10.0 Å². The van der Waals surface area contributed by atoms with Crippen molar-refractivity contribution in [2.24, 2.45) is 0 Å². The Kier molecular flexibility index (Phi) is 4.46. The number of hydrogen-bond acceptors (Lipinski definition) is 6. The minimum Gasteiger partial charge on any atom is -0.396 e. The summed E-state index contributed by atoms with van der Waals surface area (Å²) in [5.74, 6) is 0.854. The lowest BCUT2D eigenvalue weighted by atomic mass is 10.3. The molecule has 7 heteroatoms. The van der Waals surface area contributed by atoms with Crippen LogP contribution in [0.4, 0.5) is 17.3 Å². The molecule has 1 aromatic heterocycles. The number of pyridine rings is 1. The summed E-state index contributed by atoms with van der Waals surface area (Å²) in [7, 11) is 1.64. The second-order valence-electron chi connectivity index (χ2n) is 3.11. The molecule has 3 N–H and O–H groups in total. The fourth-order valence-corrected chi connectivity index (χ4v) is 1.14. The Morgan fingerprint density at radius 1 is 1.50 bits per heavy atom. The van der Waals surface area contributed by atoms with Gasteiger partial charge in [0.15, 0.2) is 0 Å². The molecule has 0 fully saturated rings. The Labute approximate surface area is 92.7 Å². The molecule has 0 saturated carbocycles. The maximum atomic E-state index is 10.6. The van der Waals surface area contributed by atoms with E-state index < -0.39 is 4.92 Å². The number of nitrogens with zero attached hydrogens (tertiary/aromatic N) is 2. The normalized spacial score (nSPS) is 9.88. The van der Waals surface area contributed by atoms with Crippen molar-refractivity contribution in [1.82, 2.24) is 4.98 Å². The number of nitrogens with one attached hydrogen (secondary N) is 2. The Morgan fingerprint density at radius 3 is 2.75 bits per heavy atom. The van der Waals surface area contributed by atoms with E-state index >= 15 is 0 Å². The molecule has 16 heavy (non-hydrogen) atoms. The highest BCUT2D eigenvalue weighted by molar-refractivity contribution is 5.54. The van der Waals surface area contributed by atoms with Gasteiger partial charge in [-0.2, -0.15) is 0 Å². The summed E-state index contributed by atoms with van der Waals surface area (Å²) >= 11 is 0. The van der Waals surface area contributed by atoms with Crippen LogP contribution in [-0.2, 0) is 0 Å². The van der Waals surface area contributed by atoms with Gasteiger partial charge < -0.3 is 15.7 Å². The van der Waals surface area contributed by atoms with Crippen LogP contribution in [0.2, 0.25) is 0 Å². The third-order valence-corrected chi connectivity index (χ3v) is 1.92. The molecule has 0 saturated heterocycles. The number of aliphatic hydroxyl groups is 1. The van der Waals surface area contributed by atoms with E-state index in [0.29, 0.717) is 24.6 Å². The molecule has 7 nitrogen and oxygen atoms in total. The molecule has 88 valence electrons. The standard InChI is InChI=1S/C9H14N4O3/c1-10-8-5-7(13(15)16)6-9(12-8)11-3-2-4-14/h5-6,14H,2-4H2,1H3,(H2,10,11,12). The Morgan fingerprint density at radius 2 is 2.19 bits per heavy atom. The fraction of sp³-hybridized carbons (Fsp3) is 0.444. The number of anilines is 2. The van der Waals surface area contributed by atoms with Gasteiger partial charge in [0.05, 0.1) is 17.1 Å². The molecule has 0 aliphatic heterocycles. The quantitative estimate of drug-likeness (QED) is 0.377. The van der Waals surface area contributed by atoms with Crippen molar-refractivity contribution in [2.45, 2.75) is 6.42 Å². The van der Waals surface area contributed by atoms with E-state index in [-0.39, 0.29) is 12.3 Å². The van der Waals surface area contributed by atoms with E-state index in [1.54, 1.807) is 7.05 Å². The van der Waals surface area contributed by atoms with Crippen LogP contribution in [0.15, 0.2) is 12.1 Å². The third-order valence-electron chi connectivity index (χ3n) is 1.92. The lowest BCUT2D eigenvalue weighted by molar-refractivity contribution is -0.384. The van der Waals surface area contributed by atoms with Gasteiger partial charge in [-0.25, -0.2) is 4.98 Å². The molecule has 0 aliphatic carbocycles. The maximum Gasteiger partial charge on any atom is 0.276 e. The molecule has 0 aromatic carbocycles. The van der Waals surface area contributed by atoms with Crippen molar-refractivity contribution >= 4 is 17.3 Å². The fourth-order valence-electron chi connectivity index (χ4n) is 1.14. The average Bonchev–Trinajstić information content (AvgIpc) is 2.29. The summed E-state index contributed by atoms with van der Waals surface area (Å²) in [6.07, 6.45) is 0.569. The minimum absolute atomic E-state index is 0.0224. The van der Waals surface area contributed by atoms with Gasteiger partial charge in [-0.1, -0.05) is 0 Å². The summed E-state index contributed by atoms with van der Waals surface area (Å²) in [4.78, 5) is 14.3. The smallest absolute Gasteiger partial charge is 0.276 e. The first-order valence-corrected chi connectivity index (χ1v) is 4.86. The molecular weight excluding hydrogens is 212 g/mol. The van der Waals surface area contributed by atoms with E-state index in [1.807, 2.05) is 0 Å². The molecule has 0 unspecified atom stereocenters. The van der Waals surface area contributed by atoms with Crippen LogP contribution in [0.5, 0.6) is 0 Å². The van der Waals surface area contributed by atoms with E-state index in [1.165, 1.54) is 12.1 Å². The lowest BCUT2D eigenvalue weighted by Gasteiger charge is -2.06. The predicted molar refractivity (Wildman–Crippen MR) is 60.6 cm³/mol. The summed E-state index contributed by atoms with van der Waals surface area (Å²) in [6.45, 7) is 0.592. The second-order valence-corrected chi connectivity index (χ2v) is 3.11. The van der Waals surface area contributed by atoms with E-state index in [2.05, 4.69) is 15.6 Å². The number of rotatable bonds is 6. The number of nitro groups is 1. The first kappa shape index (κ1) is 12.2. The van der Waals surface area contributed by atoms with Gasteiger partial charge in [0, 0.05) is 20.2 Å². The van der Waals surface area contributed by atoms with Crippen molar-refractivity contribution in [3.63, 3.8) is 0 Å². The molecule has 1 rings (SSSR count). The lowest BCUT2D eigenvalue weighted by Crippen LogP contribution is -2.06. The highest BCUT2D eigenvalue weighted by atomic mass is 16.6. The number of aliphatic hydroxyl groups excluding tert-OH is 1. The van der Waals surface area contributed by atoms with Crippen LogP contribution >= 0.6 is 0 Å². The van der Waals surface area contributed by atoms with Gasteiger partial charge in [-0.3, -0.25) is 10.1 Å². The zero-order chi connectivity index (χ0) is 12.0. The van der Waals surface area contributed by atoms with Crippen molar-refractivity contribution in [3.05, 3.63) is 22.2 Å². The van der Waals surface area contributed by atoms with Gasteiger partial charge >= 0.3 is 0 Å². The Hall–Kier alpha value is -1.89. The number of aromatic nitrogens is 1. The van der Waals surface area contributed by atoms with Crippen molar-refractivity contribution in [1.29, 1.82) is 0 Å². The largest absolute Gasteiger partial charge is 0.396 e. The van der Waals surface area contributed by atoms with Gasteiger partial charge in [0.2, 0.25) is 0 Å². The topological polar surface area (TPSA) is 100 Å². The van der Waals surface area contributed by atoms with Gasteiger partial charge in [-0.15, -0.1) is 0 Å². The molecule has 1 aromatic rings. The van der Waals surface area contributed by atoms with Crippen molar-refractivity contribution in [2.75, 3.05) is 30.8 Å². The van der Waals surface area contributed by atoms with Gasteiger partial charge in [0.1, 0.15) is 11.6 Å². The highest BCUT2D eigenvalue weighted by Crippen LogP contribution is 2.20. The van der Waals surface area contributed by atoms with Crippen LogP contribution in [-0.4, -0.2) is 35.2 Å². The molecule has 0 bridgehead atoms. The van der Waals surface area contributed by atoms with Crippen LogP contribution in [0.3, 0.4) is 0 Å². The predicted octanol–water partition coefficient (Wildman–Crippen LogP) is 0.826. The summed E-state index contributed by atoms with van der Waals surface area (Å²) in [5, 5.41) is 24.9. The molecule has 0 amide bonds. The van der Waals surface area contributed by atoms with Gasteiger partial charge in [0.25, 0.3) is 5.69 Å². The average molecular weight is 226 g/mol. The monoisotopic (exact) mass is 226 g/mol. The van der Waals surface area contributed by atoms with Gasteiger partial charge in [-0.05, 0) is 6.42 Å². The summed E-state index contributed by atoms with van der Waals surface area (Å²) < 4.78 is 0. The van der Waals surface area contributed by atoms with Crippen LogP contribution in [0.1, 0.15) is 6.42 Å². The van der Waals surface area contributed by atoms with Crippen LogP contribution in [0.25, 0.3) is 0 Å². The zero-order valence-electron chi connectivity index (χ0n) is 8.93. The maximum absolute atomic E-state index is 10.6. The third kappa shape index (κ3) is 3.35. The first-order valence-electron chi connectivity index (χ1n) is 4.86. The SMILES string of the molecule is CNc1cc([N+](=O)[O-])cc(NCCCO)n1. The highest BCUT2D eigenvalue weighted by Gasteiger charge is 2.09. The van der Waals surface area contributed by atoms with E-state index in [9.17, 15) is 10.1 Å². The second kappa shape index (κ2) is 5.86. The molecular formula is C9H14N4O3. The Balaban J connectivity index is 2.82. The van der Waals surface area contributed by atoms with Crippen LogP contribution < -0.4 is 10.6 Å². The summed E-state index contributed by atoms with van der Waals surface area (Å²) in [6, 6.07) is 2.72. The van der Waals surface area contributed by atoms with E-state index in [0.717, 1.165) is 0 Å². The van der Waals surface area contributed by atoms with Crippen molar-refractivity contribution in [3.8, 4) is 0 Å². The Bertz CT molecular complexity index is 370. The zero-order valence-corrected chi connectivity index (χ0v) is 8.93. The summed E-state index contributed by atoms with van der Waals surface area (Å²) in [5.41, 5.74) is -0.0224. The molecule has 0 atom stereocenters. The molecule has 0 aliphatic rings. The molecule has 0 radical (unpaired) electrons. The molecule has 0 spiro atoms. The first-order chi connectivity index (χ1) is 7.67.